The van der Waals surface area contributed by atoms with Gasteiger partial charge in [-0.2, -0.15) is 0 Å². The molecule has 0 amide bonds. The summed E-state index contributed by atoms with van der Waals surface area (Å²) in [5.74, 6) is 0.791. The number of fused-ring (bicyclic) bond motifs is 2. The quantitative estimate of drug-likeness (QED) is 0.487. The molecule has 2 aliphatic rings. The molecule has 1 N–H and O–H groups in total. The van der Waals surface area contributed by atoms with E-state index < -0.39 is 6.17 Å². The number of alkyl halides is 1. The second-order valence-corrected chi connectivity index (χ2v) is 9.82. The average Bonchev–Trinajstić information content (AvgIpc) is 3.45. The zero-order valence-electron chi connectivity index (χ0n) is 20.6. The average molecular weight is 466 g/mol. The molecule has 3 aromatic rings. The summed E-state index contributed by atoms with van der Waals surface area (Å²) in [5, 5.41) is 8.59. The standard InChI is InChI=1S/C26H36FN7/c1-4-8-19(9-5-2)29-22-14-24(33-13-12-18(27)15-33)32-34-16-23(31-26(22)34)25-17(3)28-20-10-6-7-11-21(20)30-25/h14,16,18-19,29H,4-13,15H2,1-3H3/t18-/m0/s1. The highest BCUT2D eigenvalue weighted by Crippen LogP contribution is 2.30. The second-order valence-electron chi connectivity index (χ2n) is 9.82. The molecule has 0 spiro atoms. The Morgan fingerprint density at radius 3 is 2.50 bits per heavy atom. The molecule has 8 heteroatoms. The van der Waals surface area contributed by atoms with Crippen LogP contribution in [0.25, 0.3) is 17.0 Å². The number of hydrogen-bond donors (Lipinski definition) is 1. The Morgan fingerprint density at radius 2 is 1.82 bits per heavy atom. The minimum Gasteiger partial charge on any atom is -0.379 e. The summed E-state index contributed by atoms with van der Waals surface area (Å²) in [5.41, 5.74) is 6.51. The van der Waals surface area contributed by atoms with Crippen LogP contribution in [0.3, 0.4) is 0 Å². The highest BCUT2D eigenvalue weighted by atomic mass is 19.1. The fourth-order valence-corrected chi connectivity index (χ4v) is 5.30. The Balaban J connectivity index is 1.58. The minimum absolute atomic E-state index is 0.368. The molecule has 1 saturated heterocycles. The van der Waals surface area contributed by atoms with Gasteiger partial charge >= 0.3 is 0 Å². The summed E-state index contributed by atoms with van der Waals surface area (Å²) < 4.78 is 15.8. The van der Waals surface area contributed by atoms with Crippen LogP contribution in [-0.4, -0.2) is 49.9 Å². The van der Waals surface area contributed by atoms with Gasteiger partial charge in [-0.15, -0.1) is 5.10 Å². The van der Waals surface area contributed by atoms with Crippen LogP contribution in [0.1, 0.15) is 75.9 Å². The van der Waals surface area contributed by atoms with Crippen molar-refractivity contribution in [3.8, 4) is 11.4 Å². The third kappa shape index (κ3) is 4.59. The molecular formula is C26H36FN7. The molecule has 4 heterocycles. The molecule has 1 fully saturated rings. The van der Waals surface area contributed by atoms with Crippen molar-refractivity contribution in [2.45, 2.75) is 90.8 Å². The Morgan fingerprint density at radius 1 is 1.09 bits per heavy atom. The first-order valence-corrected chi connectivity index (χ1v) is 13.0. The van der Waals surface area contributed by atoms with E-state index in [1.54, 1.807) is 0 Å². The zero-order chi connectivity index (χ0) is 23.7. The summed E-state index contributed by atoms with van der Waals surface area (Å²) in [6.07, 6.45) is 10.5. The maximum atomic E-state index is 14.0. The first-order chi connectivity index (χ1) is 16.6. The van der Waals surface area contributed by atoms with Crippen LogP contribution in [0.2, 0.25) is 0 Å². The highest BCUT2D eigenvalue weighted by molar-refractivity contribution is 5.74. The van der Waals surface area contributed by atoms with Crippen LogP contribution < -0.4 is 10.2 Å². The van der Waals surface area contributed by atoms with Gasteiger partial charge in [-0.3, -0.25) is 4.98 Å². The van der Waals surface area contributed by atoms with Crippen molar-refractivity contribution in [3.05, 3.63) is 29.3 Å². The first kappa shape index (κ1) is 23.0. The van der Waals surface area contributed by atoms with Gasteiger partial charge in [0.15, 0.2) is 11.5 Å². The Kier molecular flexibility index (Phi) is 6.66. The van der Waals surface area contributed by atoms with E-state index in [2.05, 4.69) is 19.2 Å². The zero-order valence-corrected chi connectivity index (χ0v) is 20.6. The molecule has 1 atom stereocenters. The van der Waals surface area contributed by atoms with Crippen LogP contribution in [0, 0.1) is 6.92 Å². The van der Waals surface area contributed by atoms with Gasteiger partial charge in [0.25, 0.3) is 0 Å². The third-order valence-corrected chi connectivity index (χ3v) is 7.05. The van der Waals surface area contributed by atoms with Gasteiger partial charge in [-0.1, -0.05) is 26.7 Å². The molecule has 34 heavy (non-hydrogen) atoms. The van der Waals surface area contributed by atoms with Crippen molar-refractivity contribution in [2.75, 3.05) is 23.3 Å². The van der Waals surface area contributed by atoms with Crippen molar-refractivity contribution < 1.29 is 4.39 Å². The SMILES string of the molecule is CCCC(CCC)Nc1cc(N2CC[C@H](F)C2)nn2cc(-c3nc4c(nc3C)CCCC4)nc12. The van der Waals surface area contributed by atoms with E-state index in [0.29, 0.717) is 25.6 Å². The molecule has 0 saturated carbocycles. The lowest BCUT2D eigenvalue weighted by atomic mass is 10.00. The predicted octanol–water partition coefficient (Wildman–Crippen LogP) is 5.30. The summed E-state index contributed by atoms with van der Waals surface area (Å²) in [7, 11) is 0. The molecule has 0 bridgehead atoms. The number of halogens is 1. The van der Waals surface area contributed by atoms with E-state index in [1.807, 2.05) is 28.6 Å². The summed E-state index contributed by atoms with van der Waals surface area (Å²) in [4.78, 5) is 16.9. The Labute approximate surface area is 201 Å². The van der Waals surface area contributed by atoms with Gasteiger partial charge in [0.05, 0.1) is 35.5 Å². The van der Waals surface area contributed by atoms with Crippen LogP contribution >= 0.6 is 0 Å². The lowest BCUT2D eigenvalue weighted by molar-refractivity contribution is 0.364. The molecule has 182 valence electrons. The van der Waals surface area contributed by atoms with Gasteiger partial charge in [0, 0.05) is 18.7 Å². The topological polar surface area (TPSA) is 71.2 Å². The second kappa shape index (κ2) is 9.84. The number of hydrogen-bond acceptors (Lipinski definition) is 6. The van der Waals surface area contributed by atoms with E-state index in [9.17, 15) is 4.39 Å². The van der Waals surface area contributed by atoms with Crippen molar-refractivity contribution in [1.82, 2.24) is 24.6 Å². The monoisotopic (exact) mass is 465 g/mol. The lowest BCUT2D eigenvalue weighted by Gasteiger charge is -2.22. The molecular weight excluding hydrogens is 429 g/mol. The fourth-order valence-electron chi connectivity index (χ4n) is 5.30. The molecule has 3 aromatic heterocycles. The summed E-state index contributed by atoms with van der Waals surface area (Å²) in [6, 6.07) is 2.42. The van der Waals surface area contributed by atoms with E-state index in [4.69, 9.17) is 20.1 Å². The Hall–Kier alpha value is -2.77. The van der Waals surface area contributed by atoms with Crippen LogP contribution in [0.15, 0.2) is 12.3 Å². The largest absolute Gasteiger partial charge is 0.379 e. The number of aromatic nitrogens is 5. The highest BCUT2D eigenvalue weighted by Gasteiger charge is 2.25. The van der Waals surface area contributed by atoms with E-state index in [1.165, 1.54) is 6.42 Å². The van der Waals surface area contributed by atoms with Gasteiger partial charge in [0.1, 0.15) is 17.6 Å². The first-order valence-electron chi connectivity index (χ1n) is 13.0. The molecule has 0 radical (unpaired) electrons. The summed E-state index contributed by atoms with van der Waals surface area (Å²) in [6.45, 7) is 7.53. The number of nitrogens with zero attached hydrogens (tertiary/aromatic N) is 6. The number of aryl methyl sites for hydroxylation is 3. The van der Waals surface area contributed by atoms with Gasteiger partial charge in [-0.25, -0.2) is 18.9 Å². The predicted molar refractivity (Wildman–Crippen MR) is 134 cm³/mol. The van der Waals surface area contributed by atoms with Crippen molar-refractivity contribution in [3.63, 3.8) is 0 Å². The maximum Gasteiger partial charge on any atom is 0.177 e. The van der Waals surface area contributed by atoms with Gasteiger partial charge in [-0.05, 0) is 51.9 Å². The van der Waals surface area contributed by atoms with Gasteiger partial charge in [0.2, 0.25) is 0 Å². The van der Waals surface area contributed by atoms with E-state index in [0.717, 1.165) is 90.6 Å². The summed E-state index contributed by atoms with van der Waals surface area (Å²) >= 11 is 0. The number of rotatable bonds is 8. The molecule has 5 rings (SSSR count). The molecule has 0 aromatic carbocycles. The van der Waals surface area contributed by atoms with Crippen molar-refractivity contribution >= 4 is 17.2 Å². The fraction of sp³-hybridized carbons (Fsp3) is 0.615. The van der Waals surface area contributed by atoms with E-state index in [-0.39, 0.29) is 0 Å². The smallest absolute Gasteiger partial charge is 0.177 e. The van der Waals surface area contributed by atoms with Crippen molar-refractivity contribution in [1.29, 1.82) is 0 Å². The third-order valence-electron chi connectivity index (χ3n) is 7.05. The number of imidazole rings is 1. The van der Waals surface area contributed by atoms with Crippen LogP contribution in [-0.2, 0) is 12.8 Å². The normalized spacial score (nSPS) is 18.1. The van der Waals surface area contributed by atoms with Crippen LogP contribution in [0.4, 0.5) is 15.9 Å². The lowest BCUT2D eigenvalue weighted by Crippen LogP contribution is -2.24. The maximum absolute atomic E-state index is 14.0. The molecule has 0 unspecified atom stereocenters. The molecule has 1 aliphatic heterocycles. The number of anilines is 2. The van der Waals surface area contributed by atoms with Crippen LogP contribution in [0.5, 0.6) is 0 Å². The number of nitrogens with one attached hydrogen (secondary N) is 1. The minimum atomic E-state index is -0.798. The van der Waals surface area contributed by atoms with Gasteiger partial charge < -0.3 is 10.2 Å². The molecule has 1 aliphatic carbocycles. The van der Waals surface area contributed by atoms with Crippen molar-refractivity contribution in [2.24, 2.45) is 0 Å². The molecule has 7 nitrogen and oxygen atoms in total. The Bertz CT molecular complexity index is 1150. The van der Waals surface area contributed by atoms with E-state index >= 15 is 0 Å².